The molecule has 1 aliphatic carbocycles. The highest BCUT2D eigenvalue weighted by Crippen LogP contribution is 2.34. The van der Waals surface area contributed by atoms with E-state index in [-0.39, 0.29) is 11.3 Å². The van der Waals surface area contributed by atoms with Gasteiger partial charge in [0.1, 0.15) is 0 Å². The molecule has 3 rings (SSSR count). The minimum Gasteiger partial charge on any atom is -0.490 e. The molecule has 0 atom stereocenters. The second-order valence-electron chi connectivity index (χ2n) is 9.63. The molecule has 1 heterocycles. The average Bonchev–Trinajstić information content (AvgIpc) is 2.84. The molecule has 1 aromatic carbocycles. The fourth-order valence-electron chi connectivity index (χ4n) is 4.83. The molecule has 33 heavy (non-hydrogen) atoms. The Morgan fingerprint density at radius 2 is 1.52 bits per heavy atom. The van der Waals surface area contributed by atoms with Gasteiger partial charge < -0.3 is 4.74 Å². The van der Waals surface area contributed by atoms with Crippen molar-refractivity contribution in [3.8, 4) is 17.0 Å². The zero-order valence-electron chi connectivity index (χ0n) is 20.4. The molecule has 3 nitrogen and oxygen atoms in total. The molecule has 0 amide bonds. The lowest BCUT2D eigenvalue weighted by Crippen LogP contribution is -2.15. The van der Waals surface area contributed by atoms with E-state index in [9.17, 15) is 8.78 Å². The highest BCUT2D eigenvalue weighted by atomic mass is 19.2. The van der Waals surface area contributed by atoms with Gasteiger partial charge in [-0.3, -0.25) is 0 Å². The lowest BCUT2D eigenvalue weighted by Gasteiger charge is -2.28. The topological polar surface area (TPSA) is 35.0 Å². The Labute approximate surface area is 198 Å². The fraction of sp³-hybridized carbons (Fsp3) is 0.643. The molecule has 0 radical (unpaired) electrons. The summed E-state index contributed by atoms with van der Waals surface area (Å²) in [5, 5.41) is 8.48. The lowest BCUT2D eigenvalue weighted by molar-refractivity contribution is 0.248. The highest BCUT2D eigenvalue weighted by Gasteiger charge is 2.21. The van der Waals surface area contributed by atoms with Crippen LogP contribution in [0, 0.1) is 23.5 Å². The molecule has 1 aliphatic rings. The number of rotatable bonds is 13. The molecular weight excluding hydrogens is 418 g/mol. The van der Waals surface area contributed by atoms with E-state index in [1.165, 1.54) is 69.9 Å². The van der Waals surface area contributed by atoms with Crippen LogP contribution in [0.1, 0.15) is 96.6 Å². The van der Waals surface area contributed by atoms with Gasteiger partial charge in [-0.15, -0.1) is 0 Å². The van der Waals surface area contributed by atoms with E-state index in [1.807, 2.05) is 13.0 Å². The zero-order valence-corrected chi connectivity index (χ0v) is 20.4. The number of hydrogen-bond acceptors (Lipinski definition) is 3. The van der Waals surface area contributed by atoms with Crippen LogP contribution >= 0.6 is 0 Å². The van der Waals surface area contributed by atoms with Crippen molar-refractivity contribution in [2.75, 3.05) is 6.61 Å². The second-order valence-corrected chi connectivity index (χ2v) is 9.63. The van der Waals surface area contributed by atoms with Crippen LogP contribution in [0.25, 0.3) is 11.3 Å². The third kappa shape index (κ3) is 7.75. The summed E-state index contributed by atoms with van der Waals surface area (Å²) < 4.78 is 34.3. The van der Waals surface area contributed by atoms with Crippen molar-refractivity contribution < 1.29 is 13.5 Å². The van der Waals surface area contributed by atoms with Gasteiger partial charge in [-0.2, -0.15) is 14.6 Å². The molecule has 0 bridgehead atoms. The van der Waals surface area contributed by atoms with Gasteiger partial charge in [0.25, 0.3) is 0 Å². The van der Waals surface area contributed by atoms with E-state index in [0.717, 1.165) is 43.2 Å². The number of halogens is 2. The minimum atomic E-state index is -0.963. The van der Waals surface area contributed by atoms with Gasteiger partial charge in [0.2, 0.25) is 5.82 Å². The highest BCUT2D eigenvalue weighted by molar-refractivity contribution is 5.61. The van der Waals surface area contributed by atoms with Crippen molar-refractivity contribution >= 4 is 0 Å². The van der Waals surface area contributed by atoms with Crippen molar-refractivity contribution in [1.82, 2.24) is 10.2 Å². The summed E-state index contributed by atoms with van der Waals surface area (Å²) in [5.74, 6) is -0.251. The maximum Gasteiger partial charge on any atom is 0.201 e. The Morgan fingerprint density at radius 3 is 2.18 bits per heavy atom. The number of nitrogens with zero attached hydrogens (tertiary/aromatic N) is 2. The quantitative estimate of drug-likeness (QED) is 0.283. The number of hydrogen-bond donors (Lipinski definition) is 0. The molecule has 1 fully saturated rings. The largest absolute Gasteiger partial charge is 0.490 e. The van der Waals surface area contributed by atoms with Crippen molar-refractivity contribution in [3.63, 3.8) is 0 Å². The molecule has 0 N–H and O–H groups in total. The predicted octanol–water partition coefficient (Wildman–Crippen LogP) is 8.31. The predicted molar refractivity (Wildman–Crippen MR) is 130 cm³/mol. The van der Waals surface area contributed by atoms with Gasteiger partial charge in [0, 0.05) is 5.56 Å². The SMILES string of the molecule is CCCCCCC1CCC(CCc2ccc(-c3ccc(OCCCC)c(F)c3F)nn2)CC1. The van der Waals surface area contributed by atoms with Crippen LogP contribution in [0.3, 0.4) is 0 Å². The first-order valence-corrected chi connectivity index (χ1v) is 13.1. The van der Waals surface area contributed by atoms with E-state index >= 15 is 0 Å². The van der Waals surface area contributed by atoms with Crippen molar-refractivity contribution in [2.24, 2.45) is 11.8 Å². The Bertz CT molecular complexity index is 833. The maximum absolute atomic E-state index is 14.6. The van der Waals surface area contributed by atoms with Crippen LogP contribution in [-0.4, -0.2) is 16.8 Å². The minimum absolute atomic E-state index is 0.0510. The van der Waals surface area contributed by atoms with Gasteiger partial charge in [0.15, 0.2) is 11.6 Å². The molecular formula is C28H40F2N2O. The first kappa shape index (κ1) is 25.6. The van der Waals surface area contributed by atoms with Gasteiger partial charge in [-0.05, 0) is 55.4 Å². The molecule has 2 aromatic rings. The van der Waals surface area contributed by atoms with E-state index in [2.05, 4.69) is 17.1 Å². The van der Waals surface area contributed by atoms with Gasteiger partial charge in [0.05, 0.1) is 18.0 Å². The van der Waals surface area contributed by atoms with Crippen molar-refractivity contribution in [3.05, 3.63) is 41.6 Å². The summed E-state index contributed by atoms with van der Waals surface area (Å²) in [6.45, 7) is 4.66. The summed E-state index contributed by atoms with van der Waals surface area (Å²) >= 11 is 0. The van der Waals surface area contributed by atoms with E-state index in [4.69, 9.17) is 4.74 Å². The zero-order chi connectivity index (χ0) is 23.5. The molecule has 182 valence electrons. The summed E-state index contributed by atoms with van der Waals surface area (Å²) in [6.07, 6.45) is 16.0. The Morgan fingerprint density at radius 1 is 0.788 bits per heavy atom. The molecule has 1 aromatic heterocycles. The summed E-state index contributed by atoms with van der Waals surface area (Å²) in [7, 11) is 0. The van der Waals surface area contributed by atoms with Crippen molar-refractivity contribution in [2.45, 2.75) is 97.3 Å². The normalized spacial score (nSPS) is 18.4. The van der Waals surface area contributed by atoms with Crippen LogP contribution in [0.5, 0.6) is 5.75 Å². The Hall–Kier alpha value is -2.04. The Balaban J connectivity index is 1.47. The van der Waals surface area contributed by atoms with Crippen LogP contribution in [0.15, 0.2) is 24.3 Å². The molecule has 0 unspecified atom stereocenters. The smallest absolute Gasteiger partial charge is 0.201 e. The Kier molecular flexibility index (Phi) is 10.6. The van der Waals surface area contributed by atoms with E-state index in [0.29, 0.717) is 12.3 Å². The van der Waals surface area contributed by atoms with Crippen LogP contribution < -0.4 is 4.74 Å². The van der Waals surface area contributed by atoms with Crippen LogP contribution in [-0.2, 0) is 6.42 Å². The first-order valence-electron chi connectivity index (χ1n) is 13.1. The average molecular weight is 459 g/mol. The number of ether oxygens (including phenoxy) is 1. The van der Waals surface area contributed by atoms with E-state index < -0.39 is 11.6 Å². The lowest BCUT2D eigenvalue weighted by atomic mass is 9.78. The number of benzene rings is 1. The third-order valence-corrected chi connectivity index (χ3v) is 7.04. The molecule has 0 saturated heterocycles. The van der Waals surface area contributed by atoms with Crippen LogP contribution in [0.4, 0.5) is 8.78 Å². The summed E-state index contributed by atoms with van der Waals surface area (Å²) in [5.41, 5.74) is 1.38. The molecule has 5 heteroatoms. The summed E-state index contributed by atoms with van der Waals surface area (Å²) in [6, 6.07) is 6.62. The summed E-state index contributed by atoms with van der Waals surface area (Å²) in [4.78, 5) is 0. The number of aryl methyl sites for hydroxylation is 1. The maximum atomic E-state index is 14.6. The van der Waals surface area contributed by atoms with Gasteiger partial charge >= 0.3 is 0 Å². The standard InChI is InChI=1S/C28H40F2N2O/c1-3-5-7-8-9-21-10-12-22(13-11-21)14-15-23-16-18-25(32-31-23)24-17-19-26(28(30)27(24)29)33-20-6-4-2/h16-19,21-22H,3-15,20H2,1-2H3. The third-order valence-electron chi connectivity index (χ3n) is 7.04. The molecule has 0 spiro atoms. The van der Waals surface area contributed by atoms with E-state index in [1.54, 1.807) is 6.07 Å². The van der Waals surface area contributed by atoms with Crippen molar-refractivity contribution in [1.29, 1.82) is 0 Å². The molecule has 1 saturated carbocycles. The van der Waals surface area contributed by atoms with Gasteiger partial charge in [-0.25, -0.2) is 4.39 Å². The van der Waals surface area contributed by atoms with Gasteiger partial charge in [-0.1, -0.05) is 78.1 Å². The first-order chi connectivity index (χ1) is 16.1. The second kappa shape index (κ2) is 13.6. The van der Waals surface area contributed by atoms with Crippen LogP contribution in [0.2, 0.25) is 0 Å². The molecule has 0 aliphatic heterocycles. The number of aromatic nitrogens is 2. The number of unbranched alkanes of at least 4 members (excludes halogenated alkanes) is 4. The monoisotopic (exact) mass is 458 g/mol. The fourth-order valence-corrected chi connectivity index (χ4v) is 4.83.